The van der Waals surface area contributed by atoms with E-state index in [-0.39, 0.29) is 24.4 Å². The topological polar surface area (TPSA) is 194 Å². The molecule has 0 unspecified atom stereocenters. The minimum Gasteiger partial charge on any atom is -0.493 e. The Morgan fingerprint density at radius 3 is 2.36 bits per heavy atom. The molecule has 0 saturated carbocycles. The Morgan fingerprint density at radius 1 is 1.12 bits per heavy atom. The molecular formula is C20H26N3O9S+. The third-order valence-electron chi connectivity index (χ3n) is 4.19. The van der Waals surface area contributed by atoms with Gasteiger partial charge in [0.1, 0.15) is 12.6 Å². The first-order valence-electron chi connectivity index (χ1n) is 9.57. The molecule has 0 aliphatic rings. The van der Waals surface area contributed by atoms with Crippen molar-refractivity contribution in [3.8, 4) is 11.5 Å². The molecule has 0 bridgehead atoms. The van der Waals surface area contributed by atoms with Crippen LogP contribution in [0.4, 0.5) is 0 Å². The smallest absolute Gasteiger partial charge is 0.322 e. The Labute approximate surface area is 193 Å². The monoisotopic (exact) mass is 484 g/mol. The van der Waals surface area contributed by atoms with Crippen molar-refractivity contribution in [1.29, 1.82) is 0 Å². The highest BCUT2D eigenvalue weighted by Crippen LogP contribution is 2.27. The molecule has 33 heavy (non-hydrogen) atoms. The largest absolute Gasteiger partial charge is 0.493 e. The number of hydrogen-bond donors (Lipinski definition) is 5. The maximum Gasteiger partial charge on any atom is 0.322 e. The Hall–Kier alpha value is -3.58. The number of amides is 2. The Bertz CT molecular complexity index is 920. The molecule has 1 aromatic carbocycles. The summed E-state index contributed by atoms with van der Waals surface area (Å²) in [6.07, 6.45) is -0.406. The maximum absolute atomic E-state index is 12.4. The molecule has 0 fully saturated rings. The van der Waals surface area contributed by atoms with Crippen molar-refractivity contribution >= 4 is 46.3 Å². The van der Waals surface area contributed by atoms with E-state index >= 15 is 0 Å². The standard InChI is InChI=1S/C20H25N3O9S/c1-31-15-5-3-11(7-16(15)32-2)14(24)10-33-9-13(19(28)22-8-18(26)27)23-17(25)6-4-12(21)20(29)30/h3,5,7,10,12-13H,4,6,8-9,21H2,1-2H3,(H3-,22,23,25,26,27,28,29,30)/p+1/t12-,13-/m0/s1. The van der Waals surface area contributed by atoms with E-state index in [1.807, 2.05) is 0 Å². The lowest BCUT2D eigenvalue weighted by atomic mass is 10.1. The normalized spacial score (nSPS) is 12.5. The lowest BCUT2D eigenvalue weighted by molar-refractivity contribution is -0.139. The number of ketones is 1. The SMILES string of the molecule is COc1ccc(C(=O)C=[S+]C[C@H](NC(=O)CC[C@H](N)C(=O)O)C(=O)NCC(=O)O)cc1OC. The number of carbonyl (C=O) groups is 5. The molecule has 2 amide bonds. The second-order valence-corrected chi connectivity index (χ2v) is 7.50. The number of nitrogens with one attached hydrogen (secondary N) is 2. The molecule has 0 aliphatic carbocycles. The highest BCUT2D eigenvalue weighted by atomic mass is 32.1. The van der Waals surface area contributed by atoms with Gasteiger partial charge in [-0.2, -0.15) is 0 Å². The summed E-state index contributed by atoms with van der Waals surface area (Å²) in [7, 11) is 2.89. The van der Waals surface area contributed by atoms with Gasteiger partial charge in [-0.05, 0) is 24.6 Å². The summed E-state index contributed by atoms with van der Waals surface area (Å²) < 4.78 is 10.3. The lowest BCUT2D eigenvalue weighted by Gasteiger charge is -2.13. The van der Waals surface area contributed by atoms with Crippen LogP contribution in [-0.4, -0.2) is 83.7 Å². The number of aliphatic carboxylic acids is 2. The second kappa shape index (κ2) is 13.8. The van der Waals surface area contributed by atoms with Gasteiger partial charge in [-0.25, -0.2) is 0 Å². The summed E-state index contributed by atoms with van der Waals surface area (Å²) in [5.74, 6) is -3.62. The molecule has 180 valence electrons. The molecule has 0 spiro atoms. The predicted octanol–water partition coefficient (Wildman–Crippen LogP) is -1.35. The first-order chi connectivity index (χ1) is 15.6. The molecule has 1 aromatic rings. The van der Waals surface area contributed by atoms with Gasteiger partial charge in [0.25, 0.3) is 0 Å². The minimum atomic E-state index is -1.27. The van der Waals surface area contributed by atoms with Crippen molar-refractivity contribution in [3.05, 3.63) is 23.8 Å². The van der Waals surface area contributed by atoms with Crippen molar-refractivity contribution in [1.82, 2.24) is 10.6 Å². The first-order valence-corrected chi connectivity index (χ1v) is 10.6. The summed E-state index contributed by atoms with van der Waals surface area (Å²) in [4.78, 5) is 58.3. The number of carboxylic acid groups (broad SMARTS) is 2. The Morgan fingerprint density at radius 2 is 1.79 bits per heavy atom. The molecule has 1 rings (SSSR count). The number of Topliss-reactive ketones (excluding diaryl/α,β-unsaturated/α-hetero) is 1. The number of nitrogens with two attached hydrogens (primary N) is 1. The molecule has 0 radical (unpaired) electrons. The van der Waals surface area contributed by atoms with Gasteiger partial charge in [0.15, 0.2) is 28.9 Å². The van der Waals surface area contributed by atoms with Crippen LogP contribution in [0.15, 0.2) is 18.2 Å². The van der Waals surface area contributed by atoms with E-state index in [1.54, 1.807) is 6.07 Å². The third-order valence-corrected chi connectivity index (χ3v) is 5.09. The number of methoxy groups -OCH3 is 2. The van der Waals surface area contributed by atoms with Crippen LogP contribution in [0.3, 0.4) is 0 Å². The van der Waals surface area contributed by atoms with E-state index < -0.39 is 42.4 Å². The van der Waals surface area contributed by atoms with Gasteiger partial charge in [-0.3, -0.25) is 24.0 Å². The molecule has 2 atom stereocenters. The van der Waals surface area contributed by atoms with Crippen molar-refractivity contribution in [2.24, 2.45) is 5.73 Å². The predicted molar refractivity (Wildman–Crippen MR) is 120 cm³/mol. The van der Waals surface area contributed by atoms with Gasteiger partial charge in [0.05, 0.1) is 14.2 Å². The zero-order chi connectivity index (χ0) is 25.0. The van der Waals surface area contributed by atoms with Crippen LogP contribution in [0.25, 0.3) is 0 Å². The molecule has 0 aromatic heterocycles. The molecule has 12 nitrogen and oxygen atoms in total. The molecule has 0 aliphatic heterocycles. The summed E-state index contributed by atoms with van der Waals surface area (Å²) in [6.45, 7) is -0.659. The van der Waals surface area contributed by atoms with Crippen molar-refractivity contribution < 1.29 is 43.7 Å². The molecule has 0 saturated heterocycles. The van der Waals surface area contributed by atoms with Crippen LogP contribution in [0.2, 0.25) is 0 Å². The average Bonchev–Trinajstić information content (AvgIpc) is 2.79. The van der Waals surface area contributed by atoms with Crippen molar-refractivity contribution in [2.45, 2.75) is 24.9 Å². The maximum atomic E-state index is 12.4. The van der Waals surface area contributed by atoms with E-state index in [2.05, 4.69) is 10.6 Å². The van der Waals surface area contributed by atoms with Gasteiger partial charge in [0, 0.05) is 12.0 Å². The molecule has 13 heteroatoms. The minimum absolute atomic E-state index is 0.0821. The van der Waals surface area contributed by atoms with Crippen LogP contribution in [0.5, 0.6) is 11.5 Å². The van der Waals surface area contributed by atoms with Crippen LogP contribution >= 0.6 is 0 Å². The summed E-state index contributed by atoms with van der Waals surface area (Å²) >= 11 is 0.933. The number of ether oxygens (including phenoxy) is 2. The number of carboxylic acids is 2. The Kier molecular flexibility index (Phi) is 11.4. The van der Waals surface area contributed by atoms with Crippen LogP contribution in [0, 0.1) is 0 Å². The molecular weight excluding hydrogens is 458 g/mol. The van der Waals surface area contributed by atoms with E-state index in [4.69, 9.17) is 25.4 Å². The summed E-state index contributed by atoms with van der Waals surface area (Å²) in [6, 6.07) is 2.18. The van der Waals surface area contributed by atoms with Gasteiger partial charge in [-0.1, -0.05) is 0 Å². The molecule has 6 N–H and O–H groups in total. The number of hydrogen-bond acceptors (Lipinski definition) is 8. The first kappa shape index (κ1) is 27.5. The van der Waals surface area contributed by atoms with Crippen LogP contribution < -0.4 is 25.8 Å². The van der Waals surface area contributed by atoms with E-state index in [0.29, 0.717) is 17.1 Å². The quantitative estimate of drug-likeness (QED) is 0.120. The fraction of sp³-hybridized carbons (Fsp3) is 0.400. The fourth-order valence-electron chi connectivity index (χ4n) is 2.42. The van der Waals surface area contributed by atoms with Gasteiger partial charge in [-0.15, -0.1) is 0 Å². The fourth-order valence-corrected chi connectivity index (χ4v) is 3.23. The number of carbonyl (C=O) groups excluding carboxylic acids is 3. The van der Waals surface area contributed by atoms with Gasteiger partial charge in [0.2, 0.25) is 28.7 Å². The second-order valence-electron chi connectivity index (χ2n) is 6.60. The average molecular weight is 485 g/mol. The van der Waals surface area contributed by atoms with Gasteiger partial charge >= 0.3 is 11.9 Å². The molecule has 0 heterocycles. The third kappa shape index (κ3) is 9.62. The van der Waals surface area contributed by atoms with Crippen LogP contribution in [-0.2, 0) is 30.5 Å². The van der Waals surface area contributed by atoms with Crippen molar-refractivity contribution in [3.63, 3.8) is 0 Å². The highest BCUT2D eigenvalue weighted by Gasteiger charge is 2.26. The summed E-state index contributed by atoms with van der Waals surface area (Å²) in [5, 5.41) is 23.3. The number of benzene rings is 1. The van der Waals surface area contributed by atoms with E-state index in [9.17, 15) is 24.0 Å². The highest BCUT2D eigenvalue weighted by molar-refractivity contribution is 7.78. The van der Waals surface area contributed by atoms with Gasteiger partial charge < -0.3 is 36.1 Å². The van der Waals surface area contributed by atoms with E-state index in [1.165, 1.54) is 31.7 Å². The van der Waals surface area contributed by atoms with Crippen molar-refractivity contribution in [2.75, 3.05) is 26.5 Å². The summed E-state index contributed by atoms with van der Waals surface area (Å²) in [5.41, 5.74) is 5.66. The number of rotatable bonds is 14. The van der Waals surface area contributed by atoms with Crippen LogP contribution in [0.1, 0.15) is 23.2 Å². The zero-order valence-electron chi connectivity index (χ0n) is 18.0. The zero-order valence-corrected chi connectivity index (χ0v) is 18.8. The Balaban J connectivity index is 2.85. The van der Waals surface area contributed by atoms with E-state index in [0.717, 1.165) is 11.4 Å². The lowest BCUT2D eigenvalue weighted by Crippen LogP contribution is -2.50.